The highest BCUT2D eigenvalue weighted by molar-refractivity contribution is 5.97. The number of anilines is 1. The summed E-state index contributed by atoms with van der Waals surface area (Å²) in [6.45, 7) is 1.85. The van der Waals surface area contributed by atoms with Crippen molar-refractivity contribution in [3.8, 4) is 0 Å². The molecule has 0 unspecified atom stereocenters. The van der Waals surface area contributed by atoms with E-state index in [9.17, 15) is 18.8 Å². The molecule has 0 bridgehead atoms. The number of benzene rings is 2. The second-order valence-corrected chi connectivity index (χ2v) is 5.74. The predicted molar refractivity (Wildman–Crippen MR) is 98.8 cm³/mol. The number of halogens is 1. The zero-order chi connectivity index (χ0) is 19.6. The molecular formula is C20H21FN2O4. The number of rotatable bonds is 8. The number of esters is 1. The molecule has 0 fully saturated rings. The minimum Gasteiger partial charge on any atom is -0.456 e. The molecule has 2 aromatic rings. The Kier molecular flexibility index (Phi) is 7.49. The number of carbonyl (C=O) groups excluding carboxylic acids is 3. The summed E-state index contributed by atoms with van der Waals surface area (Å²) in [5, 5.41) is 5.23. The van der Waals surface area contributed by atoms with E-state index in [0.717, 1.165) is 0 Å². The Morgan fingerprint density at radius 2 is 1.85 bits per heavy atom. The number of hydrogen-bond acceptors (Lipinski definition) is 4. The molecule has 2 amide bonds. The van der Waals surface area contributed by atoms with Gasteiger partial charge in [0.05, 0.1) is 0 Å². The highest BCUT2D eigenvalue weighted by Crippen LogP contribution is 2.11. The molecule has 0 aliphatic carbocycles. The summed E-state index contributed by atoms with van der Waals surface area (Å²) in [6.07, 6.45) is 0.169. The summed E-state index contributed by atoms with van der Waals surface area (Å²) in [4.78, 5) is 35.4. The number of nitrogens with one attached hydrogen (secondary N) is 2. The van der Waals surface area contributed by atoms with Crippen LogP contribution in [0.15, 0.2) is 48.5 Å². The van der Waals surface area contributed by atoms with Crippen LogP contribution in [0.1, 0.15) is 29.3 Å². The standard InChI is InChI=1S/C20H21FN2O4/c1-2-22-20(26)15-7-5-8-16(12-15)23-18(24)13-27-19(25)11-10-14-6-3-4-9-17(14)21/h3-9,12H,2,10-11,13H2,1H3,(H,22,26)(H,23,24). The fraction of sp³-hybridized carbons (Fsp3) is 0.250. The molecule has 7 heteroatoms. The van der Waals surface area contributed by atoms with Crippen LogP contribution in [0.4, 0.5) is 10.1 Å². The minimum absolute atomic E-state index is 0.0269. The Bertz CT molecular complexity index is 823. The molecule has 0 saturated heterocycles. The van der Waals surface area contributed by atoms with E-state index in [0.29, 0.717) is 23.4 Å². The third-order valence-corrected chi connectivity index (χ3v) is 3.67. The van der Waals surface area contributed by atoms with Crippen LogP contribution in [0, 0.1) is 5.82 Å². The van der Waals surface area contributed by atoms with Crippen LogP contribution in [0.5, 0.6) is 0 Å². The van der Waals surface area contributed by atoms with Gasteiger partial charge in [0.2, 0.25) is 0 Å². The van der Waals surface area contributed by atoms with E-state index in [1.807, 2.05) is 6.92 Å². The lowest BCUT2D eigenvalue weighted by atomic mass is 10.1. The largest absolute Gasteiger partial charge is 0.456 e. The van der Waals surface area contributed by atoms with Gasteiger partial charge < -0.3 is 15.4 Å². The van der Waals surface area contributed by atoms with Crippen molar-refractivity contribution in [2.45, 2.75) is 19.8 Å². The van der Waals surface area contributed by atoms with Gasteiger partial charge in [0.15, 0.2) is 6.61 Å². The molecule has 0 spiro atoms. The van der Waals surface area contributed by atoms with Crippen molar-refractivity contribution < 1.29 is 23.5 Å². The van der Waals surface area contributed by atoms with Gasteiger partial charge in [-0.15, -0.1) is 0 Å². The van der Waals surface area contributed by atoms with Crippen molar-refractivity contribution in [1.82, 2.24) is 5.32 Å². The monoisotopic (exact) mass is 372 g/mol. The molecule has 0 aliphatic heterocycles. The van der Waals surface area contributed by atoms with Crippen LogP contribution in [0.3, 0.4) is 0 Å². The van der Waals surface area contributed by atoms with Crippen LogP contribution in [0.25, 0.3) is 0 Å². The highest BCUT2D eigenvalue weighted by atomic mass is 19.1. The van der Waals surface area contributed by atoms with Crippen LogP contribution in [0.2, 0.25) is 0 Å². The molecule has 0 heterocycles. The van der Waals surface area contributed by atoms with Crippen LogP contribution in [-0.4, -0.2) is 30.9 Å². The number of hydrogen-bond donors (Lipinski definition) is 2. The van der Waals surface area contributed by atoms with E-state index in [1.54, 1.807) is 36.4 Å². The summed E-state index contributed by atoms with van der Waals surface area (Å²) in [5.41, 5.74) is 1.25. The molecule has 0 radical (unpaired) electrons. The van der Waals surface area contributed by atoms with Gasteiger partial charge in [-0.1, -0.05) is 24.3 Å². The summed E-state index contributed by atoms with van der Waals surface area (Å²) in [5.74, 6) is -1.74. The maximum atomic E-state index is 13.5. The van der Waals surface area contributed by atoms with Crippen molar-refractivity contribution in [3.63, 3.8) is 0 Å². The maximum Gasteiger partial charge on any atom is 0.306 e. The maximum absolute atomic E-state index is 13.5. The molecule has 6 nitrogen and oxygen atoms in total. The van der Waals surface area contributed by atoms with E-state index in [-0.39, 0.29) is 24.6 Å². The molecule has 142 valence electrons. The van der Waals surface area contributed by atoms with Crippen molar-refractivity contribution >= 4 is 23.5 Å². The number of amides is 2. The first-order chi connectivity index (χ1) is 13.0. The fourth-order valence-electron chi connectivity index (χ4n) is 2.35. The predicted octanol–water partition coefficient (Wildman–Crippen LogP) is 2.69. The average Bonchev–Trinajstić information content (AvgIpc) is 2.66. The van der Waals surface area contributed by atoms with Gasteiger partial charge in [0, 0.05) is 24.2 Å². The van der Waals surface area contributed by atoms with E-state index >= 15 is 0 Å². The van der Waals surface area contributed by atoms with E-state index in [2.05, 4.69) is 10.6 Å². The highest BCUT2D eigenvalue weighted by Gasteiger charge is 2.11. The Morgan fingerprint density at radius 3 is 2.59 bits per heavy atom. The summed E-state index contributed by atoms with van der Waals surface area (Å²) >= 11 is 0. The molecule has 0 saturated carbocycles. The molecule has 0 atom stereocenters. The van der Waals surface area contributed by atoms with Crippen LogP contribution < -0.4 is 10.6 Å². The first-order valence-corrected chi connectivity index (χ1v) is 8.56. The third kappa shape index (κ3) is 6.54. The van der Waals surface area contributed by atoms with Gasteiger partial charge in [-0.05, 0) is 43.2 Å². The molecule has 2 aromatic carbocycles. The van der Waals surface area contributed by atoms with E-state index in [1.165, 1.54) is 12.1 Å². The second kappa shape index (κ2) is 10.1. The lowest BCUT2D eigenvalue weighted by Crippen LogP contribution is -2.23. The minimum atomic E-state index is -0.593. The quantitative estimate of drug-likeness (QED) is 0.698. The van der Waals surface area contributed by atoms with E-state index < -0.39 is 18.5 Å². The van der Waals surface area contributed by atoms with Gasteiger partial charge in [-0.25, -0.2) is 4.39 Å². The summed E-state index contributed by atoms with van der Waals surface area (Å²) < 4.78 is 18.4. The van der Waals surface area contributed by atoms with E-state index in [4.69, 9.17) is 4.74 Å². The van der Waals surface area contributed by atoms with Crippen LogP contribution >= 0.6 is 0 Å². The lowest BCUT2D eigenvalue weighted by molar-refractivity contribution is -0.147. The molecule has 2 rings (SSSR count). The number of ether oxygens (including phenoxy) is 1. The Labute approximate surface area is 156 Å². The van der Waals surface area contributed by atoms with Crippen molar-refractivity contribution in [2.75, 3.05) is 18.5 Å². The molecule has 27 heavy (non-hydrogen) atoms. The topological polar surface area (TPSA) is 84.5 Å². The smallest absolute Gasteiger partial charge is 0.306 e. The molecule has 2 N–H and O–H groups in total. The van der Waals surface area contributed by atoms with Crippen molar-refractivity contribution in [3.05, 3.63) is 65.5 Å². The average molecular weight is 372 g/mol. The molecule has 0 aliphatic rings. The fourth-order valence-corrected chi connectivity index (χ4v) is 2.35. The van der Waals surface area contributed by atoms with Gasteiger partial charge in [0.1, 0.15) is 5.82 Å². The third-order valence-electron chi connectivity index (χ3n) is 3.67. The van der Waals surface area contributed by atoms with Gasteiger partial charge in [-0.2, -0.15) is 0 Å². The van der Waals surface area contributed by atoms with Crippen LogP contribution in [-0.2, 0) is 20.7 Å². The first-order valence-electron chi connectivity index (χ1n) is 8.56. The second-order valence-electron chi connectivity index (χ2n) is 5.74. The SMILES string of the molecule is CCNC(=O)c1cccc(NC(=O)COC(=O)CCc2ccccc2F)c1. The van der Waals surface area contributed by atoms with Gasteiger partial charge >= 0.3 is 5.97 Å². The van der Waals surface area contributed by atoms with Gasteiger partial charge in [0.25, 0.3) is 11.8 Å². The first kappa shape index (κ1) is 20.1. The van der Waals surface area contributed by atoms with Crippen molar-refractivity contribution in [1.29, 1.82) is 0 Å². The van der Waals surface area contributed by atoms with Gasteiger partial charge in [-0.3, -0.25) is 14.4 Å². The Balaban J connectivity index is 1.79. The number of carbonyl (C=O) groups is 3. The van der Waals surface area contributed by atoms with Crippen molar-refractivity contribution in [2.24, 2.45) is 0 Å². The zero-order valence-electron chi connectivity index (χ0n) is 15.0. The summed E-state index contributed by atoms with van der Waals surface area (Å²) in [7, 11) is 0. The normalized spacial score (nSPS) is 10.1. The molecule has 0 aromatic heterocycles. The lowest BCUT2D eigenvalue weighted by Gasteiger charge is -2.08. The Hall–Kier alpha value is -3.22. The summed E-state index contributed by atoms with van der Waals surface area (Å²) in [6, 6.07) is 12.6. The number of aryl methyl sites for hydroxylation is 1. The molecular weight excluding hydrogens is 351 g/mol. The Morgan fingerprint density at radius 1 is 1.07 bits per heavy atom. The zero-order valence-corrected chi connectivity index (χ0v) is 15.0.